The van der Waals surface area contributed by atoms with E-state index in [2.05, 4.69) is 20.8 Å². The van der Waals surface area contributed by atoms with E-state index in [1.807, 2.05) is 20.0 Å². The standard InChI is InChI=1S/C15H27FO4Si/c1-7-9-15(11-18-13(17)20-15)19-10-8-12(16)21(5,6)14(2,3)4/h8H,7,9-11H2,1-6H3/b12-8+. The number of rotatable bonds is 6. The highest BCUT2D eigenvalue weighted by molar-refractivity contribution is 6.86. The van der Waals surface area contributed by atoms with Crippen molar-refractivity contribution in [1.82, 2.24) is 0 Å². The molecular weight excluding hydrogens is 291 g/mol. The molecule has 1 atom stereocenters. The van der Waals surface area contributed by atoms with Crippen molar-refractivity contribution in [2.24, 2.45) is 0 Å². The van der Waals surface area contributed by atoms with Gasteiger partial charge in [-0.15, -0.1) is 0 Å². The largest absolute Gasteiger partial charge is 0.511 e. The summed E-state index contributed by atoms with van der Waals surface area (Å²) in [5, 5.41) is -0.0718. The van der Waals surface area contributed by atoms with Crippen molar-refractivity contribution in [3.63, 3.8) is 0 Å². The molecule has 122 valence electrons. The maximum absolute atomic E-state index is 14.4. The quantitative estimate of drug-likeness (QED) is 0.531. The van der Waals surface area contributed by atoms with Crippen LogP contribution in [0, 0.1) is 0 Å². The molecular formula is C15H27FO4Si. The van der Waals surface area contributed by atoms with Crippen LogP contribution in [0.15, 0.2) is 11.5 Å². The second-order valence-electron chi connectivity index (χ2n) is 7.04. The van der Waals surface area contributed by atoms with E-state index in [1.54, 1.807) is 0 Å². The van der Waals surface area contributed by atoms with Crippen LogP contribution in [-0.2, 0) is 14.2 Å². The SMILES string of the molecule is CCCC1(OC/C=C(\F)[Si](C)(C)C(C)(C)C)COC(=O)O1. The van der Waals surface area contributed by atoms with Crippen LogP contribution >= 0.6 is 0 Å². The zero-order valence-electron chi connectivity index (χ0n) is 13.9. The summed E-state index contributed by atoms with van der Waals surface area (Å²) < 4.78 is 30.0. The Morgan fingerprint density at radius 2 is 2.10 bits per heavy atom. The van der Waals surface area contributed by atoms with Crippen LogP contribution in [0.1, 0.15) is 40.5 Å². The summed E-state index contributed by atoms with van der Waals surface area (Å²) in [5.74, 6) is -1.06. The molecule has 0 N–H and O–H groups in total. The molecule has 6 heteroatoms. The van der Waals surface area contributed by atoms with Crippen LogP contribution in [0.4, 0.5) is 9.18 Å². The number of halogens is 1. The normalized spacial score (nSPS) is 24.0. The highest BCUT2D eigenvalue weighted by Crippen LogP contribution is 2.41. The summed E-state index contributed by atoms with van der Waals surface area (Å²) in [5.41, 5.74) is -0.0908. The summed E-state index contributed by atoms with van der Waals surface area (Å²) >= 11 is 0. The van der Waals surface area contributed by atoms with E-state index >= 15 is 0 Å². The summed E-state index contributed by atoms with van der Waals surface area (Å²) in [7, 11) is -2.17. The van der Waals surface area contributed by atoms with Gasteiger partial charge in [0.15, 0.2) is 6.61 Å². The molecule has 1 heterocycles. The van der Waals surface area contributed by atoms with Crippen molar-refractivity contribution in [2.45, 2.75) is 64.5 Å². The number of hydrogen-bond donors (Lipinski definition) is 0. The van der Waals surface area contributed by atoms with E-state index in [9.17, 15) is 9.18 Å². The Hall–Kier alpha value is -0.883. The molecule has 0 aliphatic carbocycles. The van der Waals surface area contributed by atoms with Gasteiger partial charge >= 0.3 is 6.16 Å². The monoisotopic (exact) mass is 318 g/mol. The minimum Gasteiger partial charge on any atom is -0.427 e. The minimum absolute atomic E-state index is 0.0647. The summed E-state index contributed by atoms with van der Waals surface area (Å²) in [6.45, 7) is 12.3. The van der Waals surface area contributed by atoms with E-state index in [4.69, 9.17) is 14.2 Å². The number of carbonyl (C=O) groups excluding carboxylic acids is 1. The Morgan fingerprint density at radius 3 is 2.52 bits per heavy atom. The Morgan fingerprint density at radius 1 is 1.48 bits per heavy atom. The predicted octanol–water partition coefficient (Wildman–Crippen LogP) is 4.57. The molecule has 1 aliphatic heterocycles. The first-order valence-electron chi connectivity index (χ1n) is 7.40. The van der Waals surface area contributed by atoms with Gasteiger partial charge < -0.3 is 14.2 Å². The minimum atomic E-state index is -2.17. The van der Waals surface area contributed by atoms with Gasteiger partial charge in [0.25, 0.3) is 5.79 Å². The van der Waals surface area contributed by atoms with E-state index in [0.717, 1.165) is 6.42 Å². The molecule has 0 radical (unpaired) electrons. The summed E-state index contributed by atoms with van der Waals surface area (Å²) in [4.78, 5) is 11.1. The lowest BCUT2D eigenvalue weighted by molar-refractivity contribution is -0.176. The molecule has 0 aromatic carbocycles. The lowest BCUT2D eigenvalue weighted by atomic mass is 10.1. The van der Waals surface area contributed by atoms with Crippen molar-refractivity contribution in [3.8, 4) is 0 Å². The van der Waals surface area contributed by atoms with Crippen LogP contribution in [0.25, 0.3) is 0 Å². The molecule has 0 spiro atoms. The maximum atomic E-state index is 14.4. The third-order valence-electron chi connectivity index (χ3n) is 4.39. The topological polar surface area (TPSA) is 44.8 Å². The fourth-order valence-electron chi connectivity index (χ4n) is 1.91. The van der Waals surface area contributed by atoms with Crippen LogP contribution in [0.2, 0.25) is 18.1 Å². The highest BCUT2D eigenvalue weighted by atomic mass is 28.3. The van der Waals surface area contributed by atoms with Gasteiger partial charge in [-0.25, -0.2) is 9.18 Å². The average molecular weight is 318 g/mol. The number of hydrogen-bond acceptors (Lipinski definition) is 4. The lowest BCUT2D eigenvalue weighted by Gasteiger charge is -2.35. The molecule has 1 unspecified atom stereocenters. The molecule has 0 saturated carbocycles. The Balaban J connectivity index is 2.69. The maximum Gasteiger partial charge on any atom is 0.511 e. The predicted molar refractivity (Wildman–Crippen MR) is 82.4 cm³/mol. The van der Waals surface area contributed by atoms with Crippen molar-refractivity contribution < 1.29 is 23.4 Å². The van der Waals surface area contributed by atoms with Crippen LogP contribution in [0.5, 0.6) is 0 Å². The number of ether oxygens (including phenoxy) is 3. The van der Waals surface area contributed by atoms with Crippen molar-refractivity contribution >= 4 is 14.2 Å². The number of cyclic esters (lactones) is 2. The second-order valence-corrected chi connectivity index (χ2v) is 12.3. The highest BCUT2D eigenvalue weighted by Gasteiger charge is 2.43. The molecule has 1 rings (SSSR count). The Bertz CT molecular complexity index is 414. The molecule has 4 nitrogen and oxygen atoms in total. The first-order chi connectivity index (χ1) is 9.54. The first kappa shape index (κ1) is 18.2. The Labute approximate surface area is 127 Å². The molecule has 0 aromatic rings. The van der Waals surface area contributed by atoms with Gasteiger partial charge in [0.2, 0.25) is 0 Å². The van der Waals surface area contributed by atoms with E-state index < -0.39 is 20.0 Å². The van der Waals surface area contributed by atoms with Gasteiger partial charge in [-0.3, -0.25) is 0 Å². The third-order valence-corrected chi connectivity index (χ3v) is 9.54. The van der Waals surface area contributed by atoms with Crippen molar-refractivity contribution in [2.75, 3.05) is 13.2 Å². The lowest BCUT2D eigenvalue weighted by Crippen LogP contribution is -2.39. The van der Waals surface area contributed by atoms with Crippen molar-refractivity contribution in [3.05, 3.63) is 11.5 Å². The molecule has 1 saturated heterocycles. The zero-order chi connectivity index (χ0) is 16.3. The molecule has 0 bridgehead atoms. The fraction of sp³-hybridized carbons (Fsp3) is 0.800. The number of carbonyl (C=O) groups is 1. The van der Waals surface area contributed by atoms with Gasteiger partial charge in [0, 0.05) is 6.42 Å². The van der Waals surface area contributed by atoms with Crippen molar-refractivity contribution in [1.29, 1.82) is 0 Å². The zero-order valence-corrected chi connectivity index (χ0v) is 14.9. The second kappa shape index (κ2) is 6.48. The smallest absolute Gasteiger partial charge is 0.427 e. The van der Waals surface area contributed by atoms with Gasteiger partial charge in [0.05, 0.1) is 12.1 Å². The average Bonchev–Trinajstić information content (AvgIpc) is 2.70. The third kappa shape index (κ3) is 4.29. The molecule has 0 amide bonds. The van der Waals surface area contributed by atoms with Crippen LogP contribution in [-0.4, -0.2) is 33.2 Å². The molecule has 1 aliphatic rings. The fourth-order valence-corrected chi connectivity index (χ4v) is 3.22. The first-order valence-corrected chi connectivity index (χ1v) is 10.4. The van der Waals surface area contributed by atoms with Gasteiger partial charge in [-0.05, 0) is 17.5 Å². The molecule has 21 heavy (non-hydrogen) atoms. The molecule has 1 fully saturated rings. The van der Waals surface area contributed by atoms with E-state index in [1.165, 1.54) is 6.08 Å². The van der Waals surface area contributed by atoms with Crippen LogP contribution in [0.3, 0.4) is 0 Å². The van der Waals surface area contributed by atoms with Gasteiger partial charge in [-0.2, -0.15) is 0 Å². The van der Waals surface area contributed by atoms with E-state index in [0.29, 0.717) is 6.42 Å². The van der Waals surface area contributed by atoms with E-state index in [-0.39, 0.29) is 23.7 Å². The van der Waals surface area contributed by atoms with Crippen LogP contribution < -0.4 is 0 Å². The molecule has 0 aromatic heterocycles. The summed E-state index contributed by atoms with van der Waals surface area (Å²) in [6.07, 6.45) is 2.07. The van der Waals surface area contributed by atoms with Gasteiger partial charge in [0.1, 0.15) is 8.07 Å². The summed E-state index contributed by atoms with van der Waals surface area (Å²) in [6, 6.07) is 0. The van der Waals surface area contributed by atoms with Gasteiger partial charge in [-0.1, -0.05) is 40.8 Å². The Kier molecular flexibility index (Phi) is 5.61.